The molecule has 0 aliphatic carbocycles. The molecular weight excluding hydrogens is 366 g/mol. The van der Waals surface area contributed by atoms with Crippen LogP contribution in [0.1, 0.15) is 37.8 Å². The highest BCUT2D eigenvalue weighted by Gasteiger charge is 2.20. The smallest absolute Gasteiger partial charge is 0.344 e. The molecule has 0 radical (unpaired) electrons. The fourth-order valence-electron chi connectivity index (χ4n) is 2.55. The fourth-order valence-corrected chi connectivity index (χ4v) is 2.74. The summed E-state index contributed by atoms with van der Waals surface area (Å²) in [5.74, 6) is -0.402. The lowest BCUT2D eigenvalue weighted by Crippen LogP contribution is -2.32. The largest absolute Gasteiger partial charge is 0.480 e. The summed E-state index contributed by atoms with van der Waals surface area (Å²) in [4.78, 5) is 24.4. The van der Waals surface area contributed by atoms with E-state index in [9.17, 15) is 9.59 Å². The Morgan fingerprint density at radius 1 is 1.07 bits per heavy atom. The second kappa shape index (κ2) is 9.42. The Bertz CT molecular complexity index is 820. The topological polar surface area (TPSA) is 64.6 Å². The monoisotopic (exact) mass is 389 g/mol. The Hall–Kier alpha value is -2.53. The number of carbonyl (C=O) groups excluding carboxylic acids is 2. The second-order valence-corrected chi connectivity index (χ2v) is 6.94. The molecule has 0 unspecified atom stereocenters. The van der Waals surface area contributed by atoms with Crippen LogP contribution in [0.5, 0.6) is 5.75 Å². The van der Waals surface area contributed by atoms with Gasteiger partial charge < -0.3 is 14.8 Å². The highest BCUT2D eigenvalue weighted by molar-refractivity contribution is 6.32. The van der Waals surface area contributed by atoms with Gasteiger partial charge in [0.05, 0.1) is 5.02 Å². The first kappa shape index (κ1) is 20.8. The lowest BCUT2D eigenvalue weighted by Gasteiger charge is -2.19. The Morgan fingerprint density at radius 2 is 1.78 bits per heavy atom. The molecular formula is C21H24ClNO4. The zero-order valence-electron chi connectivity index (χ0n) is 15.9. The summed E-state index contributed by atoms with van der Waals surface area (Å²) in [6.45, 7) is 7.23. The molecule has 2 rings (SSSR count). The molecule has 0 aromatic heterocycles. The van der Waals surface area contributed by atoms with Crippen molar-refractivity contribution in [2.75, 3.05) is 11.9 Å². The predicted octanol–water partition coefficient (Wildman–Crippen LogP) is 4.72. The van der Waals surface area contributed by atoms with Crippen molar-refractivity contribution < 1.29 is 19.1 Å². The van der Waals surface area contributed by atoms with Gasteiger partial charge in [-0.05, 0) is 43.0 Å². The van der Waals surface area contributed by atoms with Gasteiger partial charge in [-0.3, -0.25) is 4.79 Å². The predicted molar refractivity (Wildman–Crippen MR) is 106 cm³/mol. The van der Waals surface area contributed by atoms with Gasteiger partial charge in [-0.25, -0.2) is 4.79 Å². The van der Waals surface area contributed by atoms with E-state index in [1.165, 1.54) is 6.92 Å². The molecule has 0 heterocycles. The molecule has 5 nitrogen and oxygen atoms in total. The number of rotatable bonds is 7. The summed E-state index contributed by atoms with van der Waals surface area (Å²) in [7, 11) is 0. The summed E-state index contributed by atoms with van der Waals surface area (Å²) in [5.41, 5.74) is 2.74. The highest BCUT2D eigenvalue weighted by atomic mass is 35.5. The minimum Gasteiger partial charge on any atom is -0.480 e. The van der Waals surface area contributed by atoms with E-state index in [0.29, 0.717) is 10.8 Å². The maximum Gasteiger partial charge on any atom is 0.344 e. The van der Waals surface area contributed by atoms with E-state index >= 15 is 0 Å². The van der Waals surface area contributed by atoms with Gasteiger partial charge in [-0.2, -0.15) is 0 Å². The molecule has 0 spiro atoms. The lowest BCUT2D eigenvalue weighted by molar-refractivity contribution is -0.155. The fraction of sp³-hybridized carbons (Fsp3) is 0.333. The van der Waals surface area contributed by atoms with Crippen molar-refractivity contribution >= 4 is 29.2 Å². The van der Waals surface area contributed by atoms with Gasteiger partial charge in [-0.1, -0.05) is 55.8 Å². The number of amides is 1. The molecule has 27 heavy (non-hydrogen) atoms. The normalized spacial score (nSPS) is 11.8. The van der Waals surface area contributed by atoms with Crippen molar-refractivity contribution in [2.24, 2.45) is 0 Å². The molecule has 1 N–H and O–H groups in total. The molecule has 1 atom stereocenters. The Kier molecular flexibility index (Phi) is 7.25. The number of para-hydroxylation sites is 2. The summed E-state index contributed by atoms with van der Waals surface area (Å²) in [5, 5.41) is 3.27. The van der Waals surface area contributed by atoms with Gasteiger partial charge in [0, 0.05) is 5.69 Å². The average Bonchev–Trinajstić information content (AvgIpc) is 2.62. The van der Waals surface area contributed by atoms with Crippen molar-refractivity contribution in [3.8, 4) is 5.75 Å². The number of ether oxygens (including phenoxy) is 2. The number of benzene rings is 2. The third kappa shape index (κ3) is 5.73. The number of halogens is 1. The second-order valence-electron chi connectivity index (χ2n) is 6.53. The summed E-state index contributed by atoms with van der Waals surface area (Å²) < 4.78 is 10.5. The Labute approximate surface area is 164 Å². The molecule has 0 aliphatic heterocycles. The summed E-state index contributed by atoms with van der Waals surface area (Å²) in [6, 6.07) is 12.7. The molecule has 0 bridgehead atoms. The molecule has 144 valence electrons. The number of aryl methyl sites for hydroxylation is 1. The van der Waals surface area contributed by atoms with E-state index < -0.39 is 18.0 Å². The van der Waals surface area contributed by atoms with Crippen LogP contribution in [0.15, 0.2) is 42.5 Å². The first-order valence-corrected chi connectivity index (χ1v) is 9.14. The third-order valence-corrected chi connectivity index (χ3v) is 4.35. The molecule has 0 fully saturated rings. The highest BCUT2D eigenvalue weighted by Crippen LogP contribution is 2.27. The molecule has 0 saturated carbocycles. The van der Waals surface area contributed by atoms with Gasteiger partial charge in [0.1, 0.15) is 5.75 Å². The van der Waals surface area contributed by atoms with Gasteiger partial charge >= 0.3 is 5.97 Å². The van der Waals surface area contributed by atoms with Gasteiger partial charge in [0.25, 0.3) is 5.91 Å². The first-order valence-electron chi connectivity index (χ1n) is 8.76. The van der Waals surface area contributed by atoms with Crippen LogP contribution < -0.4 is 10.1 Å². The number of carbonyl (C=O) groups is 2. The van der Waals surface area contributed by atoms with Crippen LogP contribution in [0.2, 0.25) is 5.02 Å². The zero-order valence-corrected chi connectivity index (χ0v) is 16.7. The molecule has 2 aromatic rings. The molecule has 0 aliphatic rings. The molecule has 2 aromatic carbocycles. The van der Waals surface area contributed by atoms with Crippen LogP contribution >= 0.6 is 11.6 Å². The number of hydrogen-bond donors (Lipinski definition) is 1. The average molecular weight is 390 g/mol. The maximum atomic E-state index is 12.5. The quantitative estimate of drug-likeness (QED) is 0.696. The minimum absolute atomic E-state index is 0.252. The summed E-state index contributed by atoms with van der Waals surface area (Å²) >= 11 is 5.97. The zero-order chi connectivity index (χ0) is 20.0. The molecule has 0 saturated heterocycles. The van der Waals surface area contributed by atoms with Crippen molar-refractivity contribution in [3.63, 3.8) is 0 Å². The minimum atomic E-state index is -0.952. The Morgan fingerprint density at radius 3 is 2.44 bits per heavy atom. The SMILES string of the molecule is Cc1cccc(C(C)C)c1NC(=O)[C@H](C)OC(=O)COc1ccccc1Cl. The van der Waals surface area contributed by atoms with E-state index in [0.717, 1.165) is 16.8 Å². The van der Waals surface area contributed by atoms with Crippen molar-refractivity contribution in [1.29, 1.82) is 0 Å². The molecule has 6 heteroatoms. The third-order valence-electron chi connectivity index (χ3n) is 4.03. The van der Waals surface area contributed by atoms with E-state index in [1.807, 2.05) is 25.1 Å². The van der Waals surface area contributed by atoms with Gasteiger partial charge in [0.15, 0.2) is 12.7 Å². The van der Waals surface area contributed by atoms with Crippen LogP contribution in [0.4, 0.5) is 5.69 Å². The standard InChI is InChI=1S/C21H24ClNO4/c1-13(2)16-9-7-8-14(3)20(16)23-21(25)15(4)27-19(24)12-26-18-11-6-5-10-17(18)22/h5-11,13,15H,12H2,1-4H3,(H,23,25)/t15-/m0/s1. The lowest BCUT2D eigenvalue weighted by atomic mass is 9.98. The van der Waals surface area contributed by atoms with E-state index in [2.05, 4.69) is 19.2 Å². The van der Waals surface area contributed by atoms with Gasteiger partial charge in [0.2, 0.25) is 0 Å². The first-order chi connectivity index (χ1) is 12.8. The van der Waals surface area contributed by atoms with Crippen molar-refractivity contribution in [2.45, 2.75) is 39.7 Å². The summed E-state index contributed by atoms with van der Waals surface area (Å²) in [6.07, 6.45) is -0.952. The Balaban J connectivity index is 1.94. The van der Waals surface area contributed by atoms with Crippen LogP contribution in [0, 0.1) is 6.92 Å². The van der Waals surface area contributed by atoms with Crippen molar-refractivity contribution in [3.05, 3.63) is 58.6 Å². The van der Waals surface area contributed by atoms with Crippen LogP contribution in [-0.2, 0) is 14.3 Å². The van der Waals surface area contributed by atoms with Crippen LogP contribution in [0.25, 0.3) is 0 Å². The van der Waals surface area contributed by atoms with E-state index in [-0.39, 0.29) is 12.5 Å². The van der Waals surface area contributed by atoms with Gasteiger partial charge in [-0.15, -0.1) is 0 Å². The van der Waals surface area contributed by atoms with E-state index in [4.69, 9.17) is 21.1 Å². The number of hydrogen-bond acceptors (Lipinski definition) is 4. The maximum absolute atomic E-state index is 12.5. The number of esters is 1. The van der Waals surface area contributed by atoms with Crippen LogP contribution in [-0.4, -0.2) is 24.6 Å². The van der Waals surface area contributed by atoms with Crippen molar-refractivity contribution in [1.82, 2.24) is 0 Å². The number of anilines is 1. The van der Waals surface area contributed by atoms with E-state index in [1.54, 1.807) is 24.3 Å². The molecule has 1 amide bonds. The number of nitrogens with one attached hydrogen (secondary N) is 1. The van der Waals surface area contributed by atoms with Crippen LogP contribution in [0.3, 0.4) is 0 Å².